The van der Waals surface area contributed by atoms with E-state index in [-0.39, 0.29) is 12.0 Å². The SMILES string of the molecule is CC(C)Oc1ccc(C=NN=C2NC(=O)CS2)cc1Br. The Morgan fingerprint density at radius 3 is 2.90 bits per heavy atom. The summed E-state index contributed by atoms with van der Waals surface area (Å²) in [5.41, 5.74) is 0.895. The Bertz CT molecular complexity index is 573. The maximum atomic E-state index is 11.0. The Morgan fingerprint density at radius 1 is 1.50 bits per heavy atom. The van der Waals surface area contributed by atoms with Crippen LogP contribution in [0.2, 0.25) is 0 Å². The number of hydrogen-bond donors (Lipinski definition) is 1. The summed E-state index contributed by atoms with van der Waals surface area (Å²) in [6.45, 7) is 3.96. The molecule has 0 aromatic heterocycles. The van der Waals surface area contributed by atoms with Crippen molar-refractivity contribution < 1.29 is 9.53 Å². The Morgan fingerprint density at radius 2 is 2.30 bits per heavy atom. The summed E-state index contributed by atoms with van der Waals surface area (Å²) < 4.78 is 6.49. The van der Waals surface area contributed by atoms with Gasteiger partial charge in [0.05, 0.1) is 22.5 Å². The molecule has 0 saturated carbocycles. The number of carbonyl (C=O) groups excluding carboxylic acids is 1. The number of ether oxygens (including phenoxy) is 1. The van der Waals surface area contributed by atoms with Gasteiger partial charge in [0.1, 0.15) is 5.75 Å². The second-order valence-corrected chi connectivity index (χ2v) is 6.16. The molecule has 7 heteroatoms. The molecule has 0 unspecified atom stereocenters. The Kier molecular flexibility index (Phi) is 5.19. The van der Waals surface area contributed by atoms with Crippen LogP contribution >= 0.6 is 27.7 Å². The Hall–Kier alpha value is -1.34. The van der Waals surface area contributed by atoms with Gasteiger partial charge in [-0.3, -0.25) is 4.79 Å². The first-order valence-corrected chi connectivity index (χ1v) is 7.82. The third-order valence-corrected chi connectivity index (χ3v) is 3.74. The van der Waals surface area contributed by atoms with Crippen LogP contribution in [-0.4, -0.2) is 29.1 Å². The molecule has 0 aliphatic carbocycles. The van der Waals surface area contributed by atoms with E-state index in [1.54, 1.807) is 6.21 Å². The normalized spacial score (nSPS) is 17.2. The van der Waals surface area contributed by atoms with Crippen molar-refractivity contribution in [3.05, 3.63) is 28.2 Å². The maximum absolute atomic E-state index is 11.0. The molecule has 1 aromatic rings. The standard InChI is InChI=1S/C13H14BrN3O2S/c1-8(2)19-11-4-3-9(5-10(11)14)6-15-17-13-16-12(18)7-20-13/h3-6,8H,7H2,1-2H3,(H,16,17,18). The molecule has 2 rings (SSSR count). The van der Waals surface area contributed by atoms with Crippen molar-refractivity contribution >= 4 is 45.0 Å². The molecule has 20 heavy (non-hydrogen) atoms. The highest BCUT2D eigenvalue weighted by atomic mass is 79.9. The number of nitrogens with one attached hydrogen (secondary N) is 1. The summed E-state index contributed by atoms with van der Waals surface area (Å²) in [4.78, 5) is 11.0. The van der Waals surface area contributed by atoms with Crippen LogP contribution in [0.1, 0.15) is 19.4 Å². The molecular formula is C13H14BrN3O2S. The van der Waals surface area contributed by atoms with Gasteiger partial charge in [0.25, 0.3) is 0 Å². The molecule has 0 spiro atoms. The second-order valence-electron chi connectivity index (χ2n) is 4.34. The molecule has 1 heterocycles. The van der Waals surface area contributed by atoms with Gasteiger partial charge in [-0.15, -0.1) is 5.10 Å². The fraction of sp³-hybridized carbons (Fsp3) is 0.308. The Labute approximate surface area is 130 Å². The first-order chi connectivity index (χ1) is 9.54. The number of hydrogen-bond acceptors (Lipinski definition) is 5. The molecule has 0 atom stereocenters. The van der Waals surface area contributed by atoms with Crippen molar-refractivity contribution in [1.29, 1.82) is 0 Å². The van der Waals surface area contributed by atoms with Crippen molar-refractivity contribution in [2.75, 3.05) is 5.75 Å². The molecule has 1 saturated heterocycles. The molecule has 1 fully saturated rings. The minimum Gasteiger partial charge on any atom is -0.490 e. The van der Waals surface area contributed by atoms with Crippen molar-refractivity contribution in [2.45, 2.75) is 20.0 Å². The summed E-state index contributed by atoms with van der Waals surface area (Å²) in [5.74, 6) is 1.16. The number of amides is 1. The van der Waals surface area contributed by atoms with Gasteiger partial charge in [0.15, 0.2) is 5.17 Å². The summed E-state index contributed by atoms with van der Waals surface area (Å²) in [6.07, 6.45) is 1.75. The fourth-order valence-corrected chi connectivity index (χ4v) is 2.59. The predicted molar refractivity (Wildman–Crippen MR) is 85.5 cm³/mol. The third kappa shape index (κ3) is 4.35. The van der Waals surface area contributed by atoms with E-state index in [1.807, 2.05) is 32.0 Å². The third-order valence-electron chi connectivity index (χ3n) is 2.26. The van der Waals surface area contributed by atoms with Crippen LogP contribution in [0.5, 0.6) is 5.75 Å². The summed E-state index contributed by atoms with van der Waals surface area (Å²) in [5, 5.41) is 11.0. The van der Waals surface area contributed by atoms with Gasteiger partial charge >= 0.3 is 0 Å². The van der Waals surface area contributed by atoms with Crippen molar-refractivity contribution in [3.63, 3.8) is 0 Å². The first-order valence-electron chi connectivity index (χ1n) is 6.04. The first kappa shape index (κ1) is 15.1. The lowest BCUT2D eigenvalue weighted by Crippen LogP contribution is -2.19. The van der Waals surface area contributed by atoms with E-state index in [4.69, 9.17) is 4.74 Å². The van der Waals surface area contributed by atoms with Crippen LogP contribution in [0.25, 0.3) is 0 Å². The molecule has 0 radical (unpaired) electrons. The topological polar surface area (TPSA) is 63.1 Å². The molecule has 1 aliphatic rings. The van der Waals surface area contributed by atoms with Gasteiger partial charge in [-0.05, 0) is 53.5 Å². The lowest BCUT2D eigenvalue weighted by Gasteiger charge is -2.11. The van der Waals surface area contributed by atoms with Gasteiger partial charge in [0, 0.05) is 0 Å². The summed E-state index contributed by atoms with van der Waals surface area (Å²) in [6, 6.07) is 5.68. The van der Waals surface area contributed by atoms with E-state index >= 15 is 0 Å². The maximum Gasteiger partial charge on any atom is 0.236 e. The average molecular weight is 356 g/mol. The molecular weight excluding hydrogens is 342 g/mol. The van der Waals surface area contributed by atoms with Crippen LogP contribution in [0.15, 0.2) is 32.9 Å². The lowest BCUT2D eigenvalue weighted by molar-refractivity contribution is -0.116. The van der Waals surface area contributed by atoms with Crippen LogP contribution in [0.3, 0.4) is 0 Å². The molecule has 1 aromatic carbocycles. The number of carbonyl (C=O) groups is 1. The van der Waals surface area contributed by atoms with E-state index in [1.165, 1.54) is 11.8 Å². The van der Waals surface area contributed by atoms with E-state index in [0.29, 0.717) is 10.9 Å². The molecule has 1 amide bonds. The minimum absolute atomic E-state index is 0.0399. The zero-order chi connectivity index (χ0) is 14.5. The average Bonchev–Trinajstić information content (AvgIpc) is 2.78. The van der Waals surface area contributed by atoms with Gasteiger partial charge < -0.3 is 10.1 Å². The van der Waals surface area contributed by atoms with E-state index < -0.39 is 0 Å². The van der Waals surface area contributed by atoms with Gasteiger partial charge in [-0.2, -0.15) is 5.10 Å². The summed E-state index contributed by atoms with van der Waals surface area (Å²) >= 11 is 4.80. The fourth-order valence-electron chi connectivity index (χ4n) is 1.47. The molecule has 0 bridgehead atoms. The highest BCUT2D eigenvalue weighted by molar-refractivity contribution is 9.10. The number of rotatable bonds is 4. The number of benzene rings is 1. The predicted octanol–water partition coefficient (Wildman–Crippen LogP) is 2.79. The van der Waals surface area contributed by atoms with Crippen LogP contribution in [0, 0.1) is 0 Å². The number of amidine groups is 1. The van der Waals surface area contributed by atoms with Crippen molar-refractivity contribution in [3.8, 4) is 5.75 Å². The van der Waals surface area contributed by atoms with Crippen LogP contribution < -0.4 is 10.1 Å². The van der Waals surface area contributed by atoms with E-state index in [0.717, 1.165) is 15.8 Å². The molecule has 5 nitrogen and oxygen atoms in total. The van der Waals surface area contributed by atoms with Crippen LogP contribution in [-0.2, 0) is 4.79 Å². The summed E-state index contributed by atoms with van der Waals surface area (Å²) in [7, 11) is 0. The van der Waals surface area contributed by atoms with E-state index in [9.17, 15) is 4.79 Å². The number of halogens is 1. The Balaban J connectivity index is 2.03. The monoisotopic (exact) mass is 355 g/mol. The van der Waals surface area contributed by atoms with Crippen molar-refractivity contribution in [1.82, 2.24) is 5.32 Å². The number of nitrogens with zero attached hydrogens (tertiary/aromatic N) is 2. The highest BCUT2D eigenvalue weighted by Crippen LogP contribution is 2.26. The zero-order valence-electron chi connectivity index (χ0n) is 11.1. The van der Waals surface area contributed by atoms with E-state index in [2.05, 4.69) is 31.4 Å². The van der Waals surface area contributed by atoms with Gasteiger partial charge in [-0.25, -0.2) is 0 Å². The van der Waals surface area contributed by atoms with Crippen molar-refractivity contribution in [2.24, 2.45) is 10.2 Å². The minimum atomic E-state index is -0.0399. The van der Waals surface area contributed by atoms with Gasteiger partial charge in [-0.1, -0.05) is 11.8 Å². The highest BCUT2D eigenvalue weighted by Gasteiger charge is 2.15. The number of thioether (sulfide) groups is 1. The lowest BCUT2D eigenvalue weighted by atomic mass is 10.2. The smallest absolute Gasteiger partial charge is 0.236 e. The molecule has 1 aliphatic heterocycles. The second kappa shape index (κ2) is 6.90. The molecule has 106 valence electrons. The zero-order valence-corrected chi connectivity index (χ0v) is 13.5. The largest absolute Gasteiger partial charge is 0.490 e. The van der Waals surface area contributed by atoms with Crippen LogP contribution in [0.4, 0.5) is 0 Å². The van der Waals surface area contributed by atoms with Gasteiger partial charge in [0.2, 0.25) is 5.91 Å². The quantitative estimate of drug-likeness (QED) is 0.667. The molecule has 1 N–H and O–H groups in total.